The summed E-state index contributed by atoms with van der Waals surface area (Å²) in [6.07, 6.45) is 7.58. The third-order valence-electron chi connectivity index (χ3n) is 3.83. The molecule has 0 saturated heterocycles. The van der Waals surface area contributed by atoms with Crippen molar-refractivity contribution in [3.8, 4) is 0 Å². The van der Waals surface area contributed by atoms with Gasteiger partial charge in [0.2, 0.25) is 0 Å². The van der Waals surface area contributed by atoms with Gasteiger partial charge in [-0.2, -0.15) is 0 Å². The van der Waals surface area contributed by atoms with E-state index in [4.69, 9.17) is 5.11 Å². The Bertz CT molecular complexity index is 188. The molecule has 1 aliphatic rings. The van der Waals surface area contributed by atoms with Gasteiger partial charge in [0.05, 0.1) is 6.42 Å². The van der Waals surface area contributed by atoms with Crippen LogP contribution in [0.2, 0.25) is 0 Å². The highest BCUT2D eigenvalue weighted by molar-refractivity contribution is 5.67. The van der Waals surface area contributed by atoms with E-state index in [1.807, 2.05) is 0 Å². The van der Waals surface area contributed by atoms with E-state index in [2.05, 4.69) is 13.8 Å². The zero-order valence-electron chi connectivity index (χ0n) is 9.38. The van der Waals surface area contributed by atoms with Gasteiger partial charge in [-0.1, -0.05) is 39.5 Å². The lowest BCUT2D eigenvalue weighted by Gasteiger charge is -2.35. The van der Waals surface area contributed by atoms with Crippen LogP contribution >= 0.6 is 0 Å². The van der Waals surface area contributed by atoms with Gasteiger partial charge in [0, 0.05) is 0 Å². The first kappa shape index (κ1) is 11.5. The smallest absolute Gasteiger partial charge is 0.303 e. The van der Waals surface area contributed by atoms with E-state index in [1.165, 1.54) is 25.7 Å². The van der Waals surface area contributed by atoms with Gasteiger partial charge < -0.3 is 5.11 Å². The molecule has 0 spiro atoms. The normalized spacial score (nSPS) is 21.9. The van der Waals surface area contributed by atoms with Crippen molar-refractivity contribution in [1.29, 1.82) is 0 Å². The van der Waals surface area contributed by atoms with E-state index in [0.717, 1.165) is 12.8 Å². The minimum Gasteiger partial charge on any atom is -0.481 e. The van der Waals surface area contributed by atoms with Gasteiger partial charge in [-0.05, 0) is 24.2 Å². The molecule has 14 heavy (non-hydrogen) atoms. The summed E-state index contributed by atoms with van der Waals surface area (Å²) in [5.41, 5.74) is 0.0856. The molecule has 2 heteroatoms. The molecule has 1 aliphatic carbocycles. The van der Waals surface area contributed by atoms with Gasteiger partial charge in [0.15, 0.2) is 0 Å². The van der Waals surface area contributed by atoms with Crippen molar-refractivity contribution < 1.29 is 9.90 Å². The Labute approximate surface area is 86.7 Å². The number of aliphatic carboxylic acids is 1. The Balaban J connectivity index is 2.72. The van der Waals surface area contributed by atoms with Gasteiger partial charge in [-0.15, -0.1) is 0 Å². The molecule has 1 N–H and O–H groups in total. The highest BCUT2D eigenvalue weighted by Crippen LogP contribution is 2.44. The Morgan fingerprint density at radius 3 is 2.07 bits per heavy atom. The summed E-state index contributed by atoms with van der Waals surface area (Å²) in [5.74, 6) is -0.127. The topological polar surface area (TPSA) is 37.3 Å². The maximum Gasteiger partial charge on any atom is 0.303 e. The molecule has 0 aromatic carbocycles. The summed E-state index contributed by atoms with van der Waals surface area (Å²) in [4.78, 5) is 10.9. The van der Waals surface area contributed by atoms with Crippen molar-refractivity contribution in [2.24, 2.45) is 11.3 Å². The predicted molar refractivity (Wildman–Crippen MR) is 57.2 cm³/mol. The van der Waals surface area contributed by atoms with Gasteiger partial charge in [0.25, 0.3) is 0 Å². The van der Waals surface area contributed by atoms with Crippen LogP contribution < -0.4 is 0 Å². The standard InChI is InChI=1S/C12H22O2/c1-10(2)12(9-11(13)14)7-5-3-4-6-8-12/h10H,3-9H2,1-2H3,(H,13,14). The van der Waals surface area contributed by atoms with Crippen molar-refractivity contribution in [3.05, 3.63) is 0 Å². The van der Waals surface area contributed by atoms with Crippen molar-refractivity contribution >= 4 is 5.97 Å². The third-order valence-corrected chi connectivity index (χ3v) is 3.83. The minimum atomic E-state index is -0.624. The summed E-state index contributed by atoms with van der Waals surface area (Å²) in [5, 5.41) is 8.97. The highest BCUT2D eigenvalue weighted by atomic mass is 16.4. The molecule has 82 valence electrons. The summed E-state index contributed by atoms with van der Waals surface area (Å²) < 4.78 is 0. The zero-order chi connectivity index (χ0) is 10.6. The number of carboxylic acids is 1. The fourth-order valence-electron chi connectivity index (χ4n) is 2.69. The first-order chi connectivity index (χ1) is 6.57. The van der Waals surface area contributed by atoms with Crippen LogP contribution in [-0.4, -0.2) is 11.1 Å². The molecule has 0 bridgehead atoms. The van der Waals surface area contributed by atoms with Gasteiger partial charge in [-0.3, -0.25) is 4.79 Å². The van der Waals surface area contributed by atoms with Crippen LogP contribution in [0.15, 0.2) is 0 Å². The Morgan fingerprint density at radius 1 is 1.21 bits per heavy atom. The Kier molecular flexibility index (Phi) is 3.97. The third kappa shape index (κ3) is 2.73. The second kappa shape index (κ2) is 4.81. The molecular weight excluding hydrogens is 176 g/mol. The van der Waals surface area contributed by atoms with E-state index in [0.29, 0.717) is 12.3 Å². The quantitative estimate of drug-likeness (QED) is 0.705. The first-order valence-corrected chi connectivity index (χ1v) is 5.79. The molecule has 0 heterocycles. The van der Waals surface area contributed by atoms with Crippen molar-refractivity contribution in [2.45, 2.75) is 58.8 Å². The molecule has 0 aliphatic heterocycles. The first-order valence-electron chi connectivity index (χ1n) is 5.79. The fourth-order valence-corrected chi connectivity index (χ4v) is 2.69. The average molecular weight is 198 g/mol. The van der Waals surface area contributed by atoms with E-state index >= 15 is 0 Å². The lowest BCUT2D eigenvalue weighted by atomic mass is 9.69. The average Bonchev–Trinajstić information content (AvgIpc) is 2.29. The maximum absolute atomic E-state index is 10.9. The molecule has 0 unspecified atom stereocenters. The van der Waals surface area contributed by atoms with Crippen LogP contribution in [0.4, 0.5) is 0 Å². The Morgan fingerprint density at radius 2 is 1.71 bits per heavy atom. The Hall–Kier alpha value is -0.530. The fraction of sp³-hybridized carbons (Fsp3) is 0.917. The van der Waals surface area contributed by atoms with Crippen molar-refractivity contribution in [1.82, 2.24) is 0 Å². The van der Waals surface area contributed by atoms with E-state index in [9.17, 15) is 4.79 Å². The molecule has 1 saturated carbocycles. The molecule has 1 rings (SSSR count). The number of hydrogen-bond acceptors (Lipinski definition) is 1. The SMILES string of the molecule is CC(C)C1(CC(=O)O)CCCCCC1. The van der Waals surface area contributed by atoms with Crippen LogP contribution in [0.1, 0.15) is 58.8 Å². The molecule has 0 aromatic rings. The number of carbonyl (C=O) groups is 1. The molecule has 0 amide bonds. The lowest BCUT2D eigenvalue weighted by Crippen LogP contribution is -2.29. The van der Waals surface area contributed by atoms with Gasteiger partial charge in [-0.25, -0.2) is 0 Å². The van der Waals surface area contributed by atoms with E-state index in [1.54, 1.807) is 0 Å². The molecule has 0 atom stereocenters. The zero-order valence-corrected chi connectivity index (χ0v) is 9.38. The van der Waals surface area contributed by atoms with Crippen LogP contribution in [0.25, 0.3) is 0 Å². The van der Waals surface area contributed by atoms with Crippen LogP contribution in [-0.2, 0) is 4.79 Å². The largest absolute Gasteiger partial charge is 0.481 e. The second-order valence-corrected chi connectivity index (χ2v) is 5.00. The maximum atomic E-state index is 10.9. The van der Waals surface area contributed by atoms with Crippen molar-refractivity contribution in [2.75, 3.05) is 0 Å². The van der Waals surface area contributed by atoms with Crippen LogP contribution in [0.3, 0.4) is 0 Å². The molecule has 0 radical (unpaired) electrons. The van der Waals surface area contributed by atoms with Crippen LogP contribution in [0, 0.1) is 11.3 Å². The number of carboxylic acid groups (broad SMARTS) is 1. The van der Waals surface area contributed by atoms with Crippen LogP contribution in [0.5, 0.6) is 0 Å². The van der Waals surface area contributed by atoms with Gasteiger partial charge >= 0.3 is 5.97 Å². The summed E-state index contributed by atoms with van der Waals surface area (Å²) in [7, 11) is 0. The van der Waals surface area contributed by atoms with Gasteiger partial charge in [0.1, 0.15) is 0 Å². The summed E-state index contributed by atoms with van der Waals surface area (Å²) in [6.45, 7) is 4.35. The lowest BCUT2D eigenvalue weighted by molar-refractivity contribution is -0.141. The monoisotopic (exact) mass is 198 g/mol. The molecule has 2 nitrogen and oxygen atoms in total. The van der Waals surface area contributed by atoms with E-state index < -0.39 is 5.97 Å². The molecule has 1 fully saturated rings. The molecular formula is C12H22O2. The number of rotatable bonds is 3. The minimum absolute atomic E-state index is 0.0856. The second-order valence-electron chi connectivity index (χ2n) is 5.00. The number of hydrogen-bond donors (Lipinski definition) is 1. The predicted octanol–water partition coefficient (Wildman–Crippen LogP) is 3.46. The highest BCUT2D eigenvalue weighted by Gasteiger charge is 2.36. The summed E-state index contributed by atoms with van der Waals surface area (Å²) >= 11 is 0. The molecule has 0 aromatic heterocycles. The summed E-state index contributed by atoms with van der Waals surface area (Å²) in [6, 6.07) is 0. The van der Waals surface area contributed by atoms with E-state index in [-0.39, 0.29) is 5.41 Å². The van der Waals surface area contributed by atoms with Crippen molar-refractivity contribution in [3.63, 3.8) is 0 Å².